The monoisotopic (exact) mass is 382 g/mol. The number of sulfonamides is 1. The van der Waals surface area contributed by atoms with E-state index in [1.165, 1.54) is 7.11 Å². The Morgan fingerprint density at radius 2 is 2.04 bits per heavy atom. The summed E-state index contributed by atoms with van der Waals surface area (Å²) >= 11 is 11.9. The fraction of sp³-hybridized carbons (Fsp3) is 0.500. The molecule has 1 N–H and O–H groups in total. The van der Waals surface area contributed by atoms with E-state index in [9.17, 15) is 13.2 Å². The van der Waals surface area contributed by atoms with E-state index in [1.807, 2.05) is 0 Å². The van der Waals surface area contributed by atoms with E-state index in [-0.39, 0.29) is 19.0 Å². The Hall–Kier alpha value is -0.860. The zero-order valence-electron chi connectivity index (χ0n) is 13.0. The van der Waals surface area contributed by atoms with Gasteiger partial charge in [0, 0.05) is 30.2 Å². The summed E-state index contributed by atoms with van der Waals surface area (Å²) < 4.78 is 29.6. The lowest BCUT2D eigenvalue weighted by Gasteiger charge is -2.19. The van der Waals surface area contributed by atoms with Gasteiger partial charge in [-0.25, -0.2) is 8.42 Å². The van der Waals surface area contributed by atoms with E-state index in [0.717, 1.165) is 16.1 Å². The number of halogens is 2. The Balaban J connectivity index is 2.67. The number of methoxy groups -OCH3 is 1. The van der Waals surface area contributed by atoms with Crippen molar-refractivity contribution in [1.82, 2.24) is 9.62 Å². The molecule has 0 spiro atoms. The third kappa shape index (κ3) is 7.50. The largest absolute Gasteiger partial charge is 0.383 e. The van der Waals surface area contributed by atoms with Crippen molar-refractivity contribution >= 4 is 39.1 Å². The average molecular weight is 383 g/mol. The van der Waals surface area contributed by atoms with Crippen LogP contribution in [0.4, 0.5) is 0 Å². The van der Waals surface area contributed by atoms with Gasteiger partial charge in [0.15, 0.2) is 0 Å². The quantitative estimate of drug-likeness (QED) is 0.657. The standard InChI is InChI=1S/C14H20Cl2N2O4S/c1-22-8-6-17-14(19)10-18(23(2,20)21)7-5-11-3-4-12(15)9-13(11)16/h3-4,9H,5-8,10H2,1-2H3,(H,17,19). The number of ether oxygens (including phenoxy) is 1. The lowest BCUT2D eigenvalue weighted by Crippen LogP contribution is -2.42. The third-order valence-electron chi connectivity index (χ3n) is 3.06. The normalized spacial score (nSPS) is 11.7. The van der Waals surface area contributed by atoms with Gasteiger partial charge in [0.1, 0.15) is 0 Å². The van der Waals surface area contributed by atoms with Crippen molar-refractivity contribution < 1.29 is 17.9 Å². The highest BCUT2D eigenvalue weighted by atomic mass is 35.5. The van der Waals surface area contributed by atoms with Crippen molar-refractivity contribution in [2.24, 2.45) is 0 Å². The first-order valence-corrected chi connectivity index (χ1v) is 9.49. The predicted molar refractivity (Wildman–Crippen MR) is 91.5 cm³/mol. The fourth-order valence-electron chi connectivity index (χ4n) is 1.84. The van der Waals surface area contributed by atoms with Gasteiger partial charge in [0.05, 0.1) is 19.4 Å². The molecule has 0 bridgehead atoms. The Morgan fingerprint density at radius 1 is 1.35 bits per heavy atom. The van der Waals surface area contributed by atoms with Gasteiger partial charge in [-0.2, -0.15) is 4.31 Å². The molecular weight excluding hydrogens is 363 g/mol. The first kappa shape index (κ1) is 20.2. The number of carbonyl (C=O) groups is 1. The maximum atomic E-state index is 11.8. The lowest BCUT2D eigenvalue weighted by atomic mass is 10.1. The first-order chi connectivity index (χ1) is 10.7. The molecule has 0 saturated heterocycles. The van der Waals surface area contributed by atoms with Gasteiger partial charge < -0.3 is 10.1 Å². The van der Waals surface area contributed by atoms with Crippen molar-refractivity contribution in [3.05, 3.63) is 33.8 Å². The van der Waals surface area contributed by atoms with Gasteiger partial charge in [0.25, 0.3) is 0 Å². The zero-order valence-corrected chi connectivity index (χ0v) is 15.3. The summed E-state index contributed by atoms with van der Waals surface area (Å²) in [7, 11) is -1.99. The molecule has 0 atom stereocenters. The van der Waals surface area contributed by atoms with E-state index in [0.29, 0.717) is 29.6 Å². The number of benzene rings is 1. The van der Waals surface area contributed by atoms with Crippen LogP contribution in [0.1, 0.15) is 5.56 Å². The molecule has 1 amide bonds. The molecule has 0 unspecified atom stereocenters. The Bertz CT molecular complexity index is 638. The molecular formula is C14H20Cl2N2O4S. The molecule has 0 fully saturated rings. The van der Waals surface area contributed by atoms with Crippen molar-refractivity contribution in [1.29, 1.82) is 0 Å². The molecule has 130 valence electrons. The third-order valence-corrected chi connectivity index (χ3v) is 4.90. The van der Waals surface area contributed by atoms with E-state index < -0.39 is 10.0 Å². The summed E-state index contributed by atoms with van der Waals surface area (Å²) in [6.07, 6.45) is 1.45. The minimum absolute atomic E-state index is 0.151. The SMILES string of the molecule is COCCNC(=O)CN(CCc1ccc(Cl)cc1Cl)S(C)(=O)=O. The van der Waals surface area contributed by atoms with Crippen LogP contribution >= 0.6 is 23.2 Å². The molecule has 6 nitrogen and oxygen atoms in total. The zero-order chi connectivity index (χ0) is 17.5. The van der Waals surface area contributed by atoms with Crippen LogP contribution in [0.25, 0.3) is 0 Å². The maximum absolute atomic E-state index is 11.8. The average Bonchev–Trinajstić information content (AvgIpc) is 2.44. The predicted octanol–water partition coefficient (Wildman–Crippen LogP) is 1.56. The van der Waals surface area contributed by atoms with Crippen LogP contribution in [0, 0.1) is 0 Å². The van der Waals surface area contributed by atoms with Gasteiger partial charge >= 0.3 is 0 Å². The summed E-state index contributed by atoms with van der Waals surface area (Å²) in [5, 5.41) is 3.57. The molecule has 0 saturated carbocycles. The van der Waals surface area contributed by atoms with Crippen LogP contribution in [0.15, 0.2) is 18.2 Å². The minimum Gasteiger partial charge on any atom is -0.383 e. The van der Waals surface area contributed by atoms with E-state index in [2.05, 4.69) is 5.32 Å². The number of hydrogen-bond donors (Lipinski definition) is 1. The van der Waals surface area contributed by atoms with Gasteiger partial charge in [-0.3, -0.25) is 4.79 Å². The van der Waals surface area contributed by atoms with Crippen LogP contribution in [-0.2, 0) is 26.0 Å². The smallest absolute Gasteiger partial charge is 0.235 e. The number of nitrogens with one attached hydrogen (secondary N) is 1. The molecule has 0 heterocycles. The van der Waals surface area contributed by atoms with Crippen molar-refractivity contribution in [2.75, 3.05) is 39.6 Å². The second-order valence-corrected chi connectivity index (χ2v) is 7.75. The summed E-state index contributed by atoms with van der Waals surface area (Å²) in [5.41, 5.74) is 0.768. The van der Waals surface area contributed by atoms with Crippen molar-refractivity contribution in [3.8, 4) is 0 Å². The van der Waals surface area contributed by atoms with Crippen LogP contribution in [0.2, 0.25) is 10.0 Å². The van der Waals surface area contributed by atoms with E-state index in [4.69, 9.17) is 27.9 Å². The molecule has 0 aliphatic heterocycles. The highest BCUT2D eigenvalue weighted by Crippen LogP contribution is 2.21. The number of carbonyl (C=O) groups excluding carboxylic acids is 1. The minimum atomic E-state index is -3.51. The summed E-state index contributed by atoms with van der Waals surface area (Å²) in [5.74, 6) is -0.380. The molecule has 0 radical (unpaired) electrons. The Morgan fingerprint density at radius 3 is 2.61 bits per heavy atom. The number of nitrogens with zero attached hydrogens (tertiary/aromatic N) is 1. The highest BCUT2D eigenvalue weighted by Gasteiger charge is 2.20. The number of hydrogen-bond acceptors (Lipinski definition) is 4. The summed E-state index contributed by atoms with van der Waals surface area (Å²) in [6.45, 7) is 0.604. The van der Waals surface area contributed by atoms with Gasteiger partial charge in [-0.05, 0) is 24.1 Å². The molecule has 0 aliphatic carbocycles. The first-order valence-electron chi connectivity index (χ1n) is 6.88. The van der Waals surface area contributed by atoms with Crippen LogP contribution in [0.5, 0.6) is 0 Å². The van der Waals surface area contributed by atoms with Gasteiger partial charge in [-0.15, -0.1) is 0 Å². The van der Waals surface area contributed by atoms with Crippen LogP contribution in [-0.4, -0.2) is 58.2 Å². The molecule has 1 aromatic rings. The van der Waals surface area contributed by atoms with Crippen molar-refractivity contribution in [3.63, 3.8) is 0 Å². The fourth-order valence-corrected chi connectivity index (χ4v) is 3.12. The Labute approximate surface area is 146 Å². The summed E-state index contributed by atoms with van der Waals surface area (Å²) in [6, 6.07) is 5.02. The highest BCUT2D eigenvalue weighted by molar-refractivity contribution is 7.88. The molecule has 0 aliphatic rings. The lowest BCUT2D eigenvalue weighted by molar-refractivity contribution is -0.121. The van der Waals surface area contributed by atoms with Crippen molar-refractivity contribution in [2.45, 2.75) is 6.42 Å². The molecule has 9 heteroatoms. The van der Waals surface area contributed by atoms with Crippen LogP contribution in [0.3, 0.4) is 0 Å². The second-order valence-electron chi connectivity index (χ2n) is 4.93. The molecule has 1 rings (SSSR count). The van der Waals surface area contributed by atoms with E-state index in [1.54, 1.807) is 18.2 Å². The second kappa shape index (κ2) is 9.44. The van der Waals surface area contributed by atoms with E-state index >= 15 is 0 Å². The number of amides is 1. The maximum Gasteiger partial charge on any atom is 0.235 e. The number of rotatable bonds is 9. The van der Waals surface area contributed by atoms with Gasteiger partial charge in [-0.1, -0.05) is 29.3 Å². The molecule has 23 heavy (non-hydrogen) atoms. The van der Waals surface area contributed by atoms with Crippen LogP contribution < -0.4 is 5.32 Å². The summed E-state index contributed by atoms with van der Waals surface area (Å²) in [4.78, 5) is 11.8. The molecule has 1 aromatic carbocycles. The topological polar surface area (TPSA) is 75.7 Å². The Kier molecular flexibility index (Phi) is 8.28. The van der Waals surface area contributed by atoms with Gasteiger partial charge in [0.2, 0.25) is 15.9 Å². The molecule has 0 aromatic heterocycles.